The molecule has 0 aliphatic carbocycles. The fraction of sp³-hybridized carbons (Fsp3) is 0.308. The fourth-order valence-electron chi connectivity index (χ4n) is 1.67. The summed E-state index contributed by atoms with van der Waals surface area (Å²) in [4.78, 5) is 20.9. The van der Waals surface area contributed by atoms with Crippen LogP contribution in [0.2, 0.25) is 0 Å². The van der Waals surface area contributed by atoms with Crippen LogP contribution in [-0.4, -0.2) is 22.0 Å². The number of carboxylic acids is 1. The van der Waals surface area contributed by atoms with Crippen LogP contribution in [0.5, 0.6) is 0 Å². The molecule has 1 rings (SSSR count). The highest BCUT2D eigenvalue weighted by Crippen LogP contribution is 2.28. The van der Waals surface area contributed by atoms with Gasteiger partial charge < -0.3 is 10.4 Å². The number of nitrogens with zero attached hydrogens (tertiary/aromatic N) is 1. The second kappa shape index (κ2) is 6.52. The number of nitro benzene ring substituents is 1. The molecule has 7 heteroatoms. The molecular weight excluding hydrogens is 267 g/mol. The van der Waals surface area contributed by atoms with E-state index in [1.165, 1.54) is 0 Å². The number of anilines is 1. The van der Waals surface area contributed by atoms with E-state index in [2.05, 4.69) is 11.2 Å². The number of nitro groups is 1. The molecule has 0 bridgehead atoms. The van der Waals surface area contributed by atoms with Gasteiger partial charge in [-0.3, -0.25) is 10.1 Å². The van der Waals surface area contributed by atoms with E-state index in [1.54, 1.807) is 0 Å². The summed E-state index contributed by atoms with van der Waals surface area (Å²) in [7, 11) is 0. The van der Waals surface area contributed by atoms with Crippen molar-refractivity contribution in [3.05, 3.63) is 33.6 Å². The zero-order valence-corrected chi connectivity index (χ0v) is 10.7. The lowest BCUT2D eigenvalue weighted by molar-refractivity contribution is -0.384. The van der Waals surface area contributed by atoms with E-state index < -0.39 is 34.0 Å². The Hall–Kier alpha value is -2.62. The van der Waals surface area contributed by atoms with Gasteiger partial charge in [-0.05, 0) is 12.5 Å². The monoisotopic (exact) mass is 280 g/mol. The van der Waals surface area contributed by atoms with Crippen molar-refractivity contribution >= 4 is 17.3 Å². The maximum absolute atomic E-state index is 13.5. The van der Waals surface area contributed by atoms with E-state index in [0.29, 0.717) is 12.5 Å². The van der Waals surface area contributed by atoms with Gasteiger partial charge in [0.2, 0.25) is 0 Å². The predicted octanol–water partition coefficient (Wildman–Crippen LogP) is 2.65. The third kappa shape index (κ3) is 3.45. The van der Waals surface area contributed by atoms with Crippen LogP contribution >= 0.6 is 0 Å². The molecule has 0 radical (unpaired) electrons. The minimum Gasteiger partial charge on any atom is -0.478 e. The molecule has 0 spiro atoms. The summed E-state index contributed by atoms with van der Waals surface area (Å²) in [6, 6.07) is 0.965. The predicted molar refractivity (Wildman–Crippen MR) is 71.2 cm³/mol. The summed E-state index contributed by atoms with van der Waals surface area (Å²) in [6.45, 7) is 1.88. The number of benzene rings is 1. The number of carbonyl (C=O) groups is 1. The van der Waals surface area contributed by atoms with Crippen LogP contribution in [0, 0.1) is 28.3 Å². The first kappa shape index (κ1) is 15.4. The number of rotatable bonds is 6. The van der Waals surface area contributed by atoms with E-state index in [9.17, 15) is 19.3 Å². The molecular formula is C13H13FN2O4. The molecule has 0 fully saturated rings. The third-order valence-corrected chi connectivity index (χ3v) is 2.62. The van der Waals surface area contributed by atoms with Crippen molar-refractivity contribution in [1.82, 2.24) is 0 Å². The molecule has 0 saturated heterocycles. The molecule has 1 aromatic carbocycles. The van der Waals surface area contributed by atoms with Crippen LogP contribution < -0.4 is 5.32 Å². The Labute approximate surface area is 114 Å². The minimum atomic E-state index is -1.51. The number of hydrogen-bond acceptors (Lipinski definition) is 4. The number of halogens is 1. The zero-order chi connectivity index (χ0) is 15.3. The van der Waals surface area contributed by atoms with Crippen LogP contribution in [-0.2, 0) is 0 Å². The fourth-order valence-corrected chi connectivity index (χ4v) is 1.67. The Balaban J connectivity index is 3.27. The number of terminal acetylenes is 1. The Morgan fingerprint density at radius 2 is 2.30 bits per heavy atom. The molecule has 0 heterocycles. The molecule has 1 atom stereocenters. The lowest BCUT2D eigenvalue weighted by Gasteiger charge is -2.14. The highest BCUT2D eigenvalue weighted by atomic mass is 19.1. The second-order valence-electron chi connectivity index (χ2n) is 4.06. The molecule has 2 N–H and O–H groups in total. The normalized spacial score (nSPS) is 11.4. The highest BCUT2D eigenvalue weighted by molar-refractivity contribution is 5.90. The van der Waals surface area contributed by atoms with E-state index in [0.717, 1.165) is 12.5 Å². The standard InChI is InChI=1S/C13H13FN2O4/c1-3-5-8(4-2)15-11-6-9(13(17)18)10(14)7-12(11)16(19)20/h2,6-8,15H,3,5H2,1H3,(H,17,18). The molecule has 1 aromatic rings. The van der Waals surface area contributed by atoms with Gasteiger partial charge in [-0.15, -0.1) is 6.42 Å². The van der Waals surface area contributed by atoms with E-state index >= 15 is 0 Å². The molecule has 0 amide bonds. The molecule has 6 nitrogen and oxygen atoms in total. The Morgan fingerprint density at radius 1 is 1.65 bits per heavy atom. The van der Waals surface area contributed by atoms with Crippen molar-refractivity contribution in [3.63, 3.8) is 0 Å². The number of aromatic carboxylic acids is 1. The number of nitrogens with one attached hydrogen (secondary N) is 1. The van der Waals surface area contributed by atoms with Gasteiger partial charge in [-0.25, -0.2) is 9.18 Å². The van der Waals surface area contributed by atoms with Crippen molar-refractivity contribution < 1.29 is 19.2 Å². The summed E-state index contributed by atoms with van der Waals surface area (Å²) >= 11 is 0. The molecule has 0 aromatic heterocycles. The van der Waals surface area contributed by atoms with Gasteiger partial charge in [0.25, 0.3) is 5.69 Å². The minimum absolute atomic E-state index is 0.106. The maximum Gasteiger partial charge on any atom is 0.338 e. The smallest absolute Gasteiger partial charge is 0.338 e. The second-order valence-corrected chi connectivity index (χ2v) is 4.06. The molecule has 0 aliphatic rings. The van der Waals surface area contributed by atoms with Crippen molar-refractivity contribution in [1.29, 1.82) is 0 Å². The Morgan fingerprint density at radius 3 is 2.75 bits per heavy atom. The van der Waals surface area contributed by atoms with Crippen LogP contribution in [0.3, 0.4) is 0 Å². The van der Waals surface area contributed by atoms with Gasteiger partial charge in [0.05, 0.1) is 22.6 Å². The summed E-state index contributed by atoms with van der Waals surface area (Å²) in [6.07, 6.45) is 6.58. The highest BCUT2D eigenvalue weighted by Gasteiger charge is 2.22. The number of hydrogen-bond donors (Lipinski definition) is 2. The first-order chi connectivity index (χ1) is 9.40. The number of carboxylic acid groups (broad SMARTS) is 1. The summed E-state index contributed by atoms with van der Waals surface area (Å²) in [5.41, 5.74) is -1.31. The van der Waals surface area contributed by atoms with Gasteiger partial charge in [-0.2, -0.15) is 0 Å². The van der Waals surface area contributed by atoms with Crippen LogP contribution in [0.1, 0.15) is 30.1 Å². The van der Waals surface area contributed by atoms with Crippen molar-refractivity contribution in [2.75, 3.05) is 5.32 Å². The lowest BCUT2D eigenvalue weighted by Crippen LogP contribution is -2.18. The summed E-state index contributed by atoms with van der Waals surface area (Å²) in [5, 5.41) is 22.4. The first-order valence-corrected chi connectivity index (χ1v) is 5.84. The quantitative estimate of drug-likeness (QED) is 0.474. The van der Waals surface area contributed by atoms with Crippen molar-refractivity contribution in [3.8, 4) is 12.3 Å². The van der Waals surface area contributed by atoms with E-state index in [-0.39, 0.29) is 5.69 Å². The van der Waals surface area contributed by atoms with Gasteiger partial charge in [0.15, 0.2) is 0 Å². The Bertz CT molecular complexity index is 580. The van der Waals surface area contributed by atoms with Crippen molar-refractivity contribution in [2.45, 2.75) is 25.8 Å². The average Bonchev–Trinajstić information content (AvgIpc) is 2.38. The van der Waals surface area contributed by atoms with E-state index in [4.69, 9.17) is 11.5 Å². The Kier molecular flexibility index (Phi) is 5.03. The van der Waals surface area contributed by atoms with Gasteiger partial charge in [-0.1, -0.05) is 19.3 Å². The molecule has 0 aliphatic heterocycles. The largest absolute Gasteiger partial charge is 0.478 e. The summed E-state index contributed by atoms with van der Waals surface area (Å²) < 4.78 is 13.5. The zero-order valence-electron chi connectivity index (χ0n) is 10.7. The lowest BCUT2D eigenvalue weighted by atomic mass is 10.1. The maximum atomic E-state index is 13.5. The molecule has 20 heavy (non-hydrogen) atoms. The topological polar surface area (TPSA) is 92.5 Å². The van der Waals surface area contributed by atoms with Gasteiger partial charge in [0.1, 0.15) is 11.5 Å². The van der Waals surface area contributed by atoms with Crippen molar-refractivity contribution in [2.24, 2.45) is 0 Å². The molecule has 106 valence electrons. The first-order valence-electron chi connectivity index (χ1n) is 5.84. The molecule has 1 unspecified atom stereocenters. The van der Waals surface area contributed by atoms with Crippen LogP contribution in [0.25, 0.3) is 0 Å². The van der Waals surface area contributed by atoms with E-state index in [1.807, 2.05) is 6.92 Å². The van der Waals surface area contributed by atoms with Crippen LogP contribution in [0.4, 0.5) is 15.8 Å². The summed E-state index contributed by atoms with van der Waals surface area (Å²) in [5.74, 6) is -0.265. The average molecular weight is 280 g/mol. The molecule has 0 saturated carbocycles. The third-order valence-electron chi connectivity index (χ3n) is 2.62. The van der Waals surface area contributed by atoms with Gasteiger partial charge in [0, 0.05) is 0 Å². The van der Waals surface area contributed by atoms with Gasteiger partial charge >= 0.3 is 5.97 Å². The SMILES string of the molecule is C#CC(CCC)Nc1cc(C(=O)O)c(F)cc1[N+](=O)[O-]. The van der Waals surface area contributed by atoms with Crippen LogP contribution in [0.15, 0.2) is 12.1 Å².